The molecule has 3 heteroatoms. The summed E-state index contributed by atoms with van der Waals surface area (Å²) in [6.45, 7) is 0.197. The highest BCUT2D eigenvalue weighted by atomic mass is 19.1. The number of rotatable bonds is 3. The number of benzene rings is 1. The van der Waals surface area contributed by atoms with Crippen LogP contribution in [-0.2, 0) is 0 Å². The highest BCUT2D eigenvalue weighted by Gasteiger charge is 1.99. The second-order valence-corrected chi connectivity index (χ2v) is 2.57. The monoisotopic (exact) mass is 181 g/mol. The van der Waals surface area contributed by atoms with E-state index in [0.29, 0.717) is 11.9 Å². The highest BCUT2D eigenvalue weighted by molar-refractivity contribution is 5.66. The smallest absolute Gasteiger partial charge is 0.118 e. The number of hydrogen-bond acceptors (Lipinski definition) is 2. The SMILES string of the molecule is COc1ccc(/C(=C/F)CN)cc1. The average molecular weight is 181 g/mol. The first kappa shape index (κ1) is 9.74. The normalized spacial score (nSPS) is 11.5. The Balaban J connectivity index is 2.91. The molecule has 0 spiro atoms. The van der Waals surface area contributed by atoms with Crippen LogP contribution in [0.2, 0.25) is 0 Å². The fourth-order valence-corrected chi connectivity index (χ4v) is 1.03. The van der Waals surface area contributed by atoms with Gasteiger partial charge in [0, 0.05) is 12.1 Å². The van der Waals surface area contributed by atoms with Gasteiger partial charge in [-0.05, 0) is 17.7 Å². The highest BCUT2D eigenvalue weighted by Crippen LogP contribution is 2.17. The molecule has 1 aromatic rings. The molecular formula is C10H12FNO. The molecule has 0 saturated carbocycles. The Labute approximate surface area is 76.8 Å². The number of nitrogens with two attached hydrogens (primary N) is 1. The molecule has 1 rings (SSSR count). The summed E-state index contributed by atoms with van der Waals surface area (Å²) in [6.07, 6.45) is 0.530. The van der Waals surface area contributed by atoms with Crippen molar-refractivity contribution in [3.05, 3.63) is 36.2 Å². The van der Waals surface area contributed by atoms with Gasteiger partial charge in [-0.25, -0.2) is 4.39 Å². The van der Waals surface area contributed by atoms with Gasteiger partial charge in [0.2, 0.25) is 0 Å². The Morgan fingerprint density at radius 2 is 2.08 bits per heavy atom. The summed E-state index contributed by atoms with van der Waals surface area (Å²) in [7, 11) is 1.59. The summed E-state index contributed by atoms with van der Waals surface area (Å²) in [5, 5.41) is 0. The molecule has 0 heterocycles. The van der Waals surface area contributed by atoms with Gasteiger partial charge in [-0.2, -0.15) is 0 Å². The van der Waals surface area contributed by atoms with E-state index in [1.54, 1.807) is 31.4 Å². The topological polar surface area (TPSA) is 35.2 Å². The fourth-order valence-electron chi connectivity index (χ4n) is 1.03. The van der Waals surface area contributed by atoms with Crippen LogP contribution in [0.25, 0.3) is 5.57 Å². The van der Waals surface area contributed by atoms with Gasteiger partial charge in [-0.1, -0.05) is 12.1 Å². The molecular weight excluding hydrogens is 169 g/mol. The van der Waals surface area contributed by atoms with Crippen LogP contribution < -0.4 is 10.5 Å². The molecule has 0 atom stereocenters. The maximum absolute atomic E-state index is 12.3. The molecule has 70 valence electrons. The van der Waals surface area contributed by atoms with Crippen LogP contribution >= 0.6 is 0 Å². The molecule has 0 aromatic heterocycles. The molecule has 0 bridgehead atoms. The predicted octanol–water partition coefficient (Wildman–Crippen LogP) is 1.96. The van der Waals surface area contributed by atoms with E-state index in [4.69, 9.17) is 10.5 Å². The summed E-state index contributed by atoms with van der Waals surface area (Å²) < 4.78 is 17.2. The van der Waals surface area contributed by atoms with Gasteiger partial charge >= 0.3 is 0 Å². The molecule has 0 unspecified atom stereocenters. The Kier molecular flexibility index (Phi) is 3.46. The zero-order valence-electron chi connectivity index (χ0n) is 7.46. The lowest BCUT2D eigenvalue weighted by Crippen LogP contribution is -2.01. The first-order chi connectivity index (χ1) is 6.31. The first-order valence-corrected chi connectivity index (χ1v) is 3.95. The van der Waals surface area contributed by atoms with Gasteiger partial charge in [0.25, 0.3) is 0 Å². The maximum atomic E-state index is 12.3. The second kappa shape index (κ2) is 4.62. The van der Waals surface area contributed by atoms with Crippen molar-refractivity contribution in [3.8, 4) is 5.75 Å². The Bertz CT molecular complexity index is 292. The van der Waals surface area contributed by atoms with Crippen LogP contribution in [0.3, 0.4) is 0 Å². The number of hydrogen-bond donors (Lipinski definition) is 1. The molecule has 13 heavy (non-hydrogen) atoms. The minimum Gasteiger partial charge on any atom is -0.497 e. The first-order valence-electron chi connectivity index (χ1n) is 3.95. The van der Waals surface area contributed by atoms with Gasteiger partial charge in [0.05, 0.1) is 13.4 Å². The zero-order valence-corrected chi connectivity index (χ0v) is 7.46. The van der Waals surface area contributed by atoms with E-state index in [9.17, 15) is 4.39 Å². The standard InChI is InChI=1S/C10H12FNO/c1-13-10-4-2-8(3-5-10)9(6-11)7-12/h2-6H,7,12H2,1H3/b9-6+. The number of methoxy groups -OCH3 is 1. The van der Waals surface area contributed by atoms with Crippen molar-refractivity contribution in [1.82, 2.24) is 0 Å². The molecule has 0 aliphatic rings. The van der Waals surface area contributed by atoms with Gasteiger partial charge in [-0.15, -0.1) is 0 Å². The van der Waals surface area contributed by atoms with Crippen molar-refractivity contribution < 1.29 is 9.13 Å². The van der Waals surface area contributed by atoms with Crippen LogP contribution in [-0.4, -0.2) is 13.7 Å². The van der Waals surface area contributed by atoms with Gasteiger partial charge in [0.1, 0.15) is 5.75 Å². The average Bonchev–Trinajstić information content (AvgIpc) is 2.21. The van der Waals surface area contributed by atoms with Crippen LogP contribution in [0.5, 0.6) is 5.75 Å². The lowest BCUT2D eigenvalue weighted by atomic mass is 10.1. The summed E-state index contributed by atoms with van der Waals surface area (Å²) in [5.41, 5.74) is 6.62. The summed E-state index contributed by atoms with van der Waals surface area (Å²) in [6, 6.07) is 7.09. The third kappa shape index (κ3) is 2.29. The third-order valence-corrected chi connectivity index (χ3v) is 1.81. The van der Waals surface area contributed by atoms with Crippen LogP contribution in [0.15, 0.2) is 30.6 Å². The molecule has 0 aliphatic carbocycles. The van der Waals surface area contributed by atoms with Crippen LogP contribution in [0, 0.1) is 0 Å². The Hall–Kier alpha value is -1.35. The maximum Gasteiger partial charge on any atom is 0.118 e. The molecule has 2 N–H and O–H groups in total. The van der Waals surface area contributed by atoms with Crippen molar-refractivity contribution in [2.24, 2.45) is 5.73 Å². The van der Waals surface area contributed by atoms with E-state index in [2.05, 4.69) is 0 Å². The van der Waals surface area contributed by atoms with Gasteiger partial charge in [-0.3, -0.25) is 0 Å². The Morgan fingerprint density at radius 3 is 2.46 bits per heavy atom. The molecule has 0 aliphatic heterocycles. The molecule has 2 nitrogen and oxygen atoms in total. The van der Waals surface area contributed by atoms with Gasteiger partial charge in [0.15, 0.2) is 0 Å². The van der Waals surface area contributed by atoms with Crippen molar-refractivity contribution in [3.63, 3.8) is 0 Å². The lowest BCUT2D eigenvalue weighted by Gasteiger charge is -2.03. The van der Waals surface area contributed by atoms with Crippen LogP contribution in [0.1, 0.15) is 5.56 Å². The second-order valence-electron chi connectivity index (χ2n) is 2.57. The van der Waals surface area contributed by atoms with E-state index < -0.39 is 0 Å². The van der Waals surface area contributed by atoms with E-state index in [0.717, 1.165) is 11.3 Å². The van der Waals surface area contributed by atoms with Crippen molar-refractivity contribution >= 4 is 5.57 Å². The van der Waals surface area contributed by atoms with E-state index in [1.165, 1.54) is 0 Å². The predicted molar refractivity (Wildman–Crippen MR) is 51.1 cm³/mol. The molecule has 0 saturated heterocycles. The van der Waals surface area contributed by atoms with E-state index in [1.807, 2.05) is 0 Å². The van der Waals surface area contributed by atoms with Crippen molar-refractivity contribution in [1.29, 1.82) is 0 Å². The number of halogens is 1. The Morgan fingerprint density at radius 1 is 1.46 bits per heavy atom. The zero-order chi connectivity index (χ0) is 9.68. The third-order valence-electron chi connectivity index (χ3n) is 1.81. The van der Waals surface area contributed by atoms with Crippen molar-refractivity contribution in [2.45, 2.75) is 0 Å². The van der Waals surface area contributed by atoms with Crippen LogP contribution in [0.4, 0.5) is 4.39 Å². The quantitative estimate of drug-likeness (QED) is 0.773. The van der Waals surface area contributed by atoms with E-state index >= 15 is 0 Å². The fraction of sp³-hybridized carbons (Fsp3) is 0.200. The van der Waals surface area contributed by atoms with Gasteiger partial charge < -0.3 is 10.5 Å². The van der Waals surface area contributed by atoms with E-state index in [-0.39, 0.29) is 6.54 Å². The minimum absolute atomic E-state index is 0.197. The summed E-state index contributed by atoms with van der Waals surface area (Å²) >= 11 is 0. The molecule has 1 aromatic carbocycles. The molecule has 0 amide bonds. The van der Waals surface area contributed by atoms with Crippen molar-refractivity contribution in [2.75, 3.05) is 13.7 Å². The summed E-state index contributed by atoms with van der Waals surface area (Å²) in [5.74, 6) is 0.749. The lowest BCUT2D eigenvalue weighted by molar-refractivity contribution is 0.415. The summed E-state index contributed by atoms with van der Waals surface area (Å²) in [4.78, 5) is 0. The molecule has 0 radical (unpaired) electrons. The largest absolute Gasteiger partial charge is 0.497 e. The minimum atomic E-state index is 0.197. The number of ether oxygens (including phenoxy) is 1. The molecule has 0 fully saturated rings.